The standard InChI is InChI=1S/C18H31N3O3.HI/c1-6-7-8-9-10-20-18(19-2)21-13-14-11-16(23-4)17(24-5)12-15(14)22-3;/h11-12H,6-10,13H2,1-5H3,(H2,19,20,21);1H. The first-order valence-corrected chi connectivity index (χ1v) is 8.43. The summed E-state index contributed by atoms with van der Waals surface area (Å²) < 4.78 is 16.1. The summed E-state index contributed by atoms with van der Waals surface area (Å²) in [4.78, 5) is 4.25. The Kier molecular flexibility index (Phi) is 13.1. The van der Waals surface area contributed by atoms with Crippen molar-refractivity contribution in [2.45, 2.75) is 39.2 Å². The van der Waals surface area contributed by atoms with Crippen LogP contribution in [-0.2, 0) is 6.54 Å². The molecule has 0 unspecified atom stereocenters. The van der Waals surface area contributed by atoms with E-state index in [0.29, 0.717) is 18.0 Å². The van der Waals surface area contributed by atoms with E-state index >= 15 is 0 Å². The van der Waals surface area contributed by atoms with Crippen LogP contribution in [-0.4, -0.2) is 40.9 Å². The average molecular weight is 465 g/mol. The van der Waals surface area contributed by atoms with Gasteiger partial charge < -0.3 is 24.8 Å². The third-order valence-corrected chi connectivity index (χ3v) is 3.78. The fraction of sp³-hybridized carbons (Fsp3) is 0.611. The van der Waals surface area contributed by atoms with Gasteiger partial charge in [0.25, 0.3) is 0 Å². The van der Waals surface area contributed by atoms with E-state index in [-0.39, 0.29) is 24.0 Å². The summed E-state index contributed by atoms with van der Waals surface area (Å²) in [5.41, 5.74) is 0.976. The van der Waals surface area contributed by atoms with Gasteiger partial charge in [-0.2, -0.15) is 0 Å². The van der Waals surface area contributed by atoms with Crippen LogP contribution < -0.4 is 24.8 Å². The topological polar surface area (TPSA) is 64.1 Å². The van der Waals surface area contributed by atoms with Gasteiger partial charge in [-0.1, -0.05) is 26.2 Å². The lowest BCUT2D eigenvalue weighted by Crippen LogP contribution is -2.37. The van der Waals surface area contributed by atoms with Crippen LogP contribution in [0.15, 0.2) is 17.1 Å². The minimum atomic E-state index is 0. The van der Waals surface area contributed by atoms with Gasteiger partial charge in [-0.15, -0.1) is 24.0 Å². The third-order valence-electron chi connectivity index (χ3n) is 3.78. The number of rotatable bonds is 10. The van der Waals surface area contributed by atoms with Crippen LogP contribution in [0.1, 0.15) is 38.2 Å². The van der Waals surface area contributed by atoms with E-state index in [1.165, 1.54) is 19.3 Å². The predicted octanol–water partition coefficient (Wildman–Crippen LogP) is 3.58. The van der Waals surface area contributed by atoms with Gasteiger partial charge >= 0.3 is 0 Å². The van der Waals surface area contributed by atoms with E-state index in [1.54, 1.807) is 28.4 Å². The molecular formula is C18H32IN3O3. The Bertz CT molecular complexity index is 525. The molecule has 1 aromatic rings. The number of methoxy groups -OCH3 is 3. The maximum absolute atomic E-state index is 5.44. The molecule has 0 aliphatic heterocycles. The lowest BCUT2D eigenvalue weighted by atomic mass is 10.1. The van der Waals surface area contributed by atoms with E-state index < -0.39 is 0 Å². The Balaban J connectivity index is 0.00000576. The molecule has 1 aromatic carbocycles. The average Bonchev–Trinajstić information content (AvgIpc) is 2.63. The van der Waals surface area contributed by atoms with Crippen LogP contribution in [0.5, 0.6) is 17.2 Å². The minimum Gasteiger partial charge on any atom is -0.496 e. The van der Waals surface area contributed by atoms with Gasteiger partial charge in [0.1, 0.15) is 5.75 Å². The highest BCUT2D eigenvalue weighted by molar-refractivity contribution is 14.0. The Morgan fingerprint density at radius 1 is 0.920 bits per heavy atom. The summed E-state index contributed by atoms with van der Waals surface area (Å²) in [5.74, 6) is 2.86. The Labute approximate surface area is 168 Å². The summed E-state index contributed by atoms with van der Waals surface area (Å²) in [7, 11) is 6.65. The van der Waals surface area contributed by atoms with Gasteiger partial charge in [0, 0.05) is 31.8 Å². The molecule has 0 fully saturated rings. The van der Waals surface area contributed by atoms with Crippen LogP contribution in [0.25, 0.3) is 0 Å². The predicted molar refractivity (Wildman–Crippen MR) is 114 cm³/mol. The number of guanidine groups is 1. The molecule has 6 nitrogen and oxygen atoms in total. The third kappa shape index (κ3) is 8.02. The normalized spacial score (nSPS) is 10.7. The SMILES string of the molecule is CCCCCCNC(=NC)NCc1cc(OC)c(OC)cc1OC.I. The van der Waals surface area contributed by atoms with Crippen molar-refractivity contribution in [1.82, 2.24) is 10.6 Å². The number of unbranched alkanes of at least 4 members (excludes halogenated alkanes) is 3. The largest absolute Gasteiger partial charge is 0.496 e. The molecule has 144 valence electrons. The smallest absolute Gasteiger partial charge is 0.191 e. The lowest BCUT2D eigenvalue weighted by Gasteiger charge is -2.16. The van der Waals surface area contributed by atoms with E-state index in [0.717, 1.165) is 30.2 Å². The van der Waals surface area contributed by atoms with Crippen molar-refractivity contribution in [2.24, 2.45) is 4.99 Å². The van der Waals surface area contributed by atoms with Crippen molar-refractivity contribution in [2.75, 3.05) is 34.9 Å². The van der Waals surface area contributed by atoms with Gasteiger partial charge in [-0.05, 0) is 12.5 Å². The zero-order chi connectivity index (χ0) is 17.8. The second kappa shape index (κ2) is 13.9. The summed E-state index contributed by atoms with van der Waals surface area (Å²) in [6, 6.07) is 3.75. The van der Waals surface area contributed by atoms with Crippen molar-refractivity contribution in [3.05, 3.63) is 17.7 Å². The minimum absolute atomic E-state index is 0. The van der Waals surface area contributed by atoms with E-state index in [9.17, 15) is 0 Å². The highest BCUT2D eigenvalue weighted by Gasteiger charge is 2.12. The Morgan fingerprint density at radius 2 is 1.56 bits per heavy atom. The van der Waals surface area contributed by atoms with Crippen LogP contribution >= 0.6 is 24.0 Å². The van der Waals surface area contributed by atoms with Gasteiger partial charge in [0.2, 0.25) is 0 Å². The van der Waals surface area contributed by atoms with Crippen molar-refractivity contribution in [1.29, 1.82) is 0 Å². The molecule has 0 aromatic heterocycles. The molecule has 0 saturated carbocycles. The number of nitrogens with one attached hydrogen (secondary N) is 2. The molecule has 0 radical (unpaired) electrons. The number of hydrogen-bond acceptors (Lipinski definition) is 4. The van der Waals surface area contributed by atoms with E-state index in [2.05, 4.69) is 22.5 Å². The molecular weight excluding hydrogens is 433 g/mol. The van der Waals surface area contributed by atoms with Crippen LogP contribution in [0.4, 0.5) is 0 Å². The first-order chi connectivity index (χ1) is 11.7. The number of benzene rings is 1. The fourth-order valence-corrected chi connectivity index (χ4v) is 2.39. The zero-order valence-corrected chi connectivity index (χ0v) is 18.3. The Hall–Kier alpha value is -1.38. The second-order valence-electron chi connectivity index (χ2n) is 5.43. The maximum Gasteiger partial charge on any atom is 0.191 e. The molecule has 0 atom stereocenters. The summed E-state index contributed by atoms with van der Waals surface area (Å²) in [6.45, 7) is 3.71. The molecule has 25 heavy (non-hydrogen) atoms. The fourth-order valence-electron chi connectivity index (χ4n) is 2.39. The van der Waals surface area contributed by atoms with Crippen LogP contribution in [0.2, 0.25) is 0 Å². The van der Waals surface area contributed by atoms with Crippen molar-refractivity contribution >= 4 is 29.9 Å². The number of ether oxygens (including phenoxy) is 3. The monoisotopic (exact) mass is 465 g/mol. The summed E-state index contributed by atoms with van der Waals surface area (Å²) in [6.07, 6.45) is 4.90. The van der Waals surface area contributed by atoms with Gasteiger partial charge in [-0.25, -0.2) is 0 Å². The summed E-state index contributed by atoms with van der Waals surface area (Å²) >= 11 is 0. The van der Waals surface area contributed by atoms with Crippen LogP contribution in [0.3, 0.4) is 0 Å². The van der Waals surface area contributed by atoms with Crippen molar-refractivity contribution in [3.8, 4) is 17.2 Å². The molecule has 0 amide bonds. The van der Waals surface area contributed by atoms with Crippen molar-refractivity contribution in [3.63, 3.8) is 0 Å². The van der Waals surface area contributed by atoms with Gasteiger partial charge in [0.15, 0.2) is 17.5 Å². The van der Waals surface area contributed by atoms with Crippen LogP contribution in [0, 0.1) is 0 Å². The quantitative estimate of drug-likeness (QED) is 0.240. The molecule has 0 saturated heterocycles. The number of nitrogens with zero attached hydrogens (tertiary/aromatic N) is 1. The lowest BCUT2D eigenvalue weighted by molar-refractivity contribution is 0.347. The van der Waals surface area contributed by atoms with Gasteiger partial charge in [0.05, 0.1) is 21.3 Å². The number of aliphatic imine (C=N–C) groups is 1. The Morgan fingerprint density at radius 3 is 2.12 bits per heavy atom. The molecule has 0 aliphatic rings. The van der Waals surface area contributed by atoms with E-state index in [4.69, 9.17) is 14.2 Å². The van der Waals surface area contributed by atoms with Gasteiger partial charge in [-0.3, -0.25) is 4.99 Å². The zero-order valence-electron chi connectivity index (χ0n) is 16.0. The van der Waals surface area contributed by atoms with Crippen molar-refractivity contribution < 1.29 is 14.2 Å². The molecule has 2 N–H and O–H groups in total. The molecule has 0 spiro atoms. The molecule has 7 heteroatoms. The highest BCUT2D eigenvalue weighted by atomic mass is 127. The highest BCUT2D eigenvalue weighted by Crippen LogP contribution is 2.34. The molecule has 1 rings (SSSR count). The molecule has 0 bridgehead atoms. The molecule has 0 heterocycles. The first-order valence-electron chi connectivity index (χ1n) is 8.43. The maximum atomic E-state index is 5.44. The summed E-state index contributed by atoms with van der Waals surface area (Å²) in [5, 5.41) is 6.63. The van der Waals surface area contributed by atoms with E-state index in [1.807, 2.05) is 12.1 Å². The number of halogens is 1. The number of hydrogen-bond donors (Lipinski definition) is 2. The second-order valence-corrected chi connectivity index (χ2v) is 5.43. The molecule has 0 aliphatic carbocycles. The first kappa shape index (κ1) is 23.6.